The number of furan rings is 1. The van der Waals surface area contributed by atoms with E-state index in [1.807, 2.05) is 30.3 Å². The molecule has 1 fully saturated rings. The molecule has 2 heterocycles. The maximum atomic E-state index is 12.2. The van der Waals surface area contributed by atoms with Crippen LogP contribution in [0.2, 0.25) is 10.0 Å². The van der Waals surface area contributed by atoms with E-state index in [-0.39, 0.29) is 24.3 Å². The van der Waals surface area contributed by atoms with Crippen molar-refractivity contribution >= 4 is 41.2 Å². The number of likely N-dealkylation sites (tertiary alicyclic amines) is 1. The molecule has 0 spiro atoms. The number of carbonyl (C=O) groups excluding carboxylic acids is 2. The number of nitrogens with zero attached hydrogens (tertiary/aromatic N) is 2. The third-order valence-electron chi connectivity index (χ3n) is 4.97. The highest BCUT2D eigenvalue weighted by atomic mass is 35.5. The third-order valence-corrected chi connectivity index (χ3v) is 5.41. The van der Waals surface area contributed by atoms with Gasteiger partial charge >= 0.3 is 0 Å². The molecule has 0 aliphatic carbocycles. The molecule has 1 aliphatic rings. The van der Waals surface area contributed by atoms with Gasteiger partial charge in [0, 0.05) is 34.5 Å². The first-order chi connectivity index (χ1) is 15.0. The lowest BCUT2D eigenvalue weighted by Crippen LogP contribution is -2.36. The molecule has 1 aliphatic heterocycles. The highest BCUT2D eigenvalue weighted by Crippen LogP contribution is 2.29. The number of hydrazone groups is 1. The monoisotopic (exact) mass is 455 g/mol. The largest absolute Gasteiger partial charge is 0.455 e. The molecule has 4 rings (SSSR count). The molecular formula is C23H19Cl2N3O3. The van der Waals surface area contributed by atoms with Crippen molar-refractivity contribution in [1.29, 1.82) is 0 Å². The number of amides is 2. The summed E-state index contributed by atoms with van der Waals surface area (Å²) in [5.74, 6) is 0.724. The summed E-state index contributed by atoms with van der Waals surface area (Å²) < 4.78 is 5.69. The fourth-order valence-electron chi connectivity index (χ4n) is 3.52. The molecule has 3 aromatic rings. The van der Waals surface area contributed by atoms with E-state index < -0.39 is 0 Å². The zero-order valence-electron chi connectivity index (χ0n) is 16.4. The van der Waals surface area contributed by atoms with Crippen molar-refractivity contribution < 1.29 is 14.0 Å². The Morgan fingerprint density at radius 3 is 2.61 bits per heavy atom. The Bertz CT molecular complexity index is 1110. The number of halogens is 2. The van der Waals surface area contributed by atoms with Crippen molar-refractivity contribution in [2.24, 2.45) is 5.10 Å². The topological polar surface area (TPSA) is 74.9 Å². The van der Waals surface area contributed by atoms with E-state index in [0.29, 0.717) is 34.5 Å². The van der Waals surface area contributed by atoms with E-state index in [0.717, 1.165) is 11.1 Å². The van der Waals surface area contributed by atoms with Crippen LogP contribution in [0.5, 0.6) is 0 Å². The number of hydrogen-bond donors (Lipinski definition) is 1. The molecule has 6 nitrogen and oxygen atoms in total. The highest BCUT2D eigenvalue weighted by Gasteiger charge is 2.31. The number of nitrogens with one attached hydrogen (secondary N) is 1. The van der Waals surface area contributed by atoms with Gasteiger partial charge in [-0.25, -0.2) is 5.43 Å². The van der Waals surface area contributed by atoms with Gasteiger partial charge in [0.2, 0.25) is 5.91 Å². The Hall–Kier alpha value is -3.09. The number of carbonyl (C=O) groups is 2. The number of rotatable bonds is 6. The maximum absolute atomic E-state index is 12.2. The zero-order chi connectivity index (χ0) is 21.8. The SMILES string of the molecule is O=C(CN1C[C@H](c2ccccc2)CC1=O)N/N=C\c1ccc(-c2cc(Cl)cc(Cl)c2)o1. The first kappa shape index (κ1) is 21.2. The van der Waals surface area contributed by atoms with E-state index in [2.05, 4.69) is 10.5 Å². The predicted molar refractivity (Wildman–Crippen MR) is 120 cm³/mol. The van der Waals surface area contributed by atoms with Gasteiger partial charge < -0.3 is 9.32 Å². The van der Waals surface area contributed by atoms with Crippen molar-refractivity contribution in [3.8, 4) is 11.3 Å². The van der Waals surface area contributed by atoms with Crippen molar-refractivity contribution in [3.05, 3.63) is 82.0 Å². The van der Waals surface area contributed by atoms with Crippen LogP contribution in [0.4, 0.5) is 0 Å². The average molecular weight is 456 g/mol. The van der Waals surface area contributed by atoms with Crippen LogP contribution in [0.3, 0.4) is 0 Å². The molecule has 2 amide bonds. The van der Waals surface area contributed by atoms with Gasteiger partial charge in [0.15, 0.2) is 0 Å². The Morgan fingerprint density at radius 1 is 1.13 bits per heavy atom. The third kappa shape index (κ3) is 5.34. The molecule has 0 saturated carbocycles. The summed E-state index contributed by atoms with van der Waals surface area (Å²) in [6.07, 6.45) is 1.80. The first-order valence-corrected chi connectivity index (χ1v) is 10.4. The molecule has 1 aromatic heterocycles. The fraction of sp³-hybridized carbons (Fsp3) is 0.174. The molecule has 2 aromatic carbocycles. The van der Waals surface area contributed by atoms with Crippen molar-refractivity contribution in [3.63, 3.8) is 0 Å². The molecule has 31 heavy (non-hydrogen) atoms. The van der Waals surface area contributed by atoms with Crippen LogP contribution in [0.25, 0.3) is 11.3 Å². The normalized spacial score (nSPS) is 16.3. The van der Waals surface area contributed by atoms with E-state index in [1.165, 1.54) is 6.21 Å². The number of hydrogen-bond acceptors (Lipinski definition) is 4. The summed E-state index contributed by atoms with van der Waals surface area (Å²) in [6.45, 7) is 0.480. The average Bonchev–Trinajstić information content (AvgIpc) is 3.35. The summed E-state index contributed by atoms with van der Waals surface area (Å²) in [7, 11) is 0. The van der Waals surface area contributed by atoms with Crippen LogP contribution >= 0.6 is 23.2 Å². The molecular weight excluding hydrogens is 437 g/mol. The molecule has 1 N–H and O–H groups in total. The Morgan fingerprint density at radius 2 is 1.87 bits per heavy atom. The molecule has 0 radical (unpaired) electrons. The van der Waals surface area contributed by atoms with E-state index >= 15 is 0 Å². The molecule has 0 unspecified atom stereocenters. The second-order valence-electron chi connectivity index (χ2n) is 7.24. The molecule has 1 atom stereocenters. The Labute approximate surface area is 189 Å². The van der Waals surface area contributed by atoms with Gasteiger partial charge in [-0.15, -0.1) is 0 Å². The second-order valence-corrected chi connectivity index (χ2v) is 8.11. The van der Waals surface area contributed by atoms with Gasteiger partial charge in [0.25, 0.3) is 5.91 Å². The zero-order valence-corrected chi connectivity index (χ0v) is 17.9. The maximum Gasteiger partial charge on any atom is 0.259 e. The smallest absolute Gasteiger partial charge is 0.259 e. The van der Waals surface area contributed by atoms with E-state index in [9.17, 15) is 9.59 Å². The molecule has 158 valence electrons. The van der Waals surface area contributed by atoms with Gasteiger partial charge in [0.1, 0.15) is 18.1 Å². The predicted octanol–water partition coefficient (Wildman–Crippen LogP) is 4.72. The Kier molecular flexibility index (Phi) is 6.39. The van der Waals surface area contributed by atoms with Crippen LogP contribution in [0.1, 0.15) is 23.7 Å². The molecule has 8 heteroatoms. The van der Waals surface area contributed by atoms with Crippen molar-refractivity contribution in [2.75, 3.05) is 13.1 Å². The standard InChI is InChI=1S/C23H19Cl2N3O3/c24-18-8-16(9-19(25)11-18)21-7-6-20(31-21)12-26-27-22(29)14-28-13-17(10-23(28)30)15-4-2-1-3-5-15/h1-9,11-12,17H,10,13-14H2,(H,27,29)/b26-12-/t17-/m1/s1. The number of benzene rings is 2. The van der Waals surface area contributed by atoms with Crippen LogP contribution in [-0.4, -0.2) is 36.0 Å². The summed E-state index contributed by atoms with van der Waals surface area (Å²) in [5.41, 5.74) is 4.28. The van der Waals surface area contributed by atoms with Gasteiger partial charge in [0.05, 0.1) is 6.21 Å². The van der Waals surface area contributed by atoms with Crippen LogP contribution in [0.15, 0.2) is 70.2 Å². The van der Waals surface area contributed by atoms with Crippen LogP contribution < -0.4 is 5.43 Å². The quantitative estimate of drug-likeness (QED) is 0.431. The second kappa shape index (κ2) is 9.37. The van der Waals surface area contributed by atoms with Gasteiger partial charge in [-0.1, -0.05) is 53.5 Å². The van der Waals surface area contributed by atoms with Crippen LogP contribution in [-0.2, 0) is 9.59 Å². The van der Waals surface area contributed by atoms with Gasteiger partial charge in [-0.05, 0) is 35.9 Å². The van der Waals surface area contributed by atoms with Crippen LogP contribution in [0, 0.1) is 0 Å². The summed E-state index contributed by atoms with van der Waals surface area (Å²) in [5, 5.41) is 4.93. The summed E-state index contributed by atoms with van der Waals surface area (Å²) >= 11 is 12.0. The lowest BCUT2D eigenvalue weighted by Gasteiger charge is -2.15. The lowest BCUT2D eigenvalue weighted by molar-refractivity contribution is -0.133. The van der Waals surface area contributed by atoms with Crippen molar-refractivity contribution in [2.45, 2.75) is 12.3 Å². The summed E-state index contributed by atoms with van der Waals surface area (Å²) in [6, 6.07) is 18.4. The van der Waals surface area contributed by atoms with Gasteiger partial charge in [-0.2, -0.15) is 5.10 Å². The van der Waals surface area contributed by atoms with Crippen molar-refractivity contribution in [1.82, 2.24) is 10.3 Å². The summed E-state index contributed by atoms with van der Waals surface area (Å²) in [4.78, 5) is 26.0. The molecule has 0 bridgehead atoms. The minimum Gasteiger partial charge on any atom is -0.455 e. The minimum absolute atomic E-state index is 0.0378. The first-order valence-electron chi connectivity index (χ1n) is 9.69. The van der Waals surface area contributed by atoms with E-state index in [4.69, 9.17) is 27.6 Å². The lowest BCUT2D eigenvalue weighted by atomic mass is 9.99. The fourth-order valence-corrected chi connectivity index (χ4v) is 4.05. The van der Waals surface area contributed by atoms with Gasteiger partial charge in [-0.3, -0.25) is 9.59 Å². The highest BCUT2D eigenvalue weighted by molar-refractivity contribution is 6.35. The Balaban J connectivity index is 1.31. The minimum atomic E-state index is -0.369. The van der Waals surface area contributed by atoms with E-state index in [1.54, 1.807) is 35.2 Å². The molecule has 1 saturated heterocycles.